The summed E-state index contributed by atoms with van der Waals surface area (Å²) in [7, 11) is 1.88. The van der Waals surface area contributed by atoms with E-state index in [1.54, 1.807) is 6.92 Å². The predicted molar refractivity (Wildman–Crippen MR) is 67.9 cm³/mol. The van der Waals surface area contributed by atoms with Gasteiger partial charge in [0.1, 0.15) is 0 Å². The van der Waals surface area contributed by atoms with Crippen molar-refractivity contribution in [3.63, 3.8) is 0 Å². The maximum absolute atomic E-state index is 12.0. The van der Waals surface area contributed by atoms with Crippen molar-refractivity contribution in [2.45, 2.75) is 25.9 Å². The third kappa shape index (κ3) is 5.02. The predicted octanol–water partition coefficient (Wildman–Crippen LogP) is -0.489. The summed E-state index contributed by atoms with van der Waals surface area (Å²) in [6, 6.07) is 0. The number of hydrogen-bond donors (Lipinski definition) is 2. The zero-order valence-corrected chi connectivity index (χ0v) is 11.2. The van der Waals surface area contributed by atoms with Crippen LogP contribution in [-0.4, -0.2) is 72.7 Å². The number of likely N-dealkylation sites (N-methyl/N-ethyl adjacent to an activating group) is 1. The summed E-state index contributed by atoms with van der Waals surface area (Å²) >= 11 is 0. The van der Waals surface area contributed by atoms with Crippen molar-refractivity contribution in [3.05, 3.63) is 0 Å². The molecule has 100 valence electrons. The van der Waals surface area contributed by atoms with E-state index in [0.29, 0.717) is 19.5 Å². The van der Waals surface area contributed by atoms with E-state index in [4.69, 9.17) is 0 Å². The number of amides is 1. The third-order valence-corrected chi connectivity index (χ3v) is 3.25. The van der Waals surface area contributed by atoms with Gasteiger partial charge >= 0.3 is 0 Å². The topological polar surface area (TPSA) is 55.8 Å². The van der Waals surface area contributed by atoms with Gasteiger partial charge in [0.2, 0.25) is 5.91 Å². The number of carbonyl (C=O) groups is 1. The molecule has 1 atom stereocenters. The summed E-state index contributed by atoms with van der Waals surface area (Å²) in [4.78, 5) is 15.7. The number of nitrogens with one attached hydrogen (secondary N) is 1. The normalized spacial score (nSPS) is 20.4. The summed E-state index contributed by atoms with van der Waals surface area (Å²) in [5.74, 6) is 0.154. The Labute approximate surface area is 104 Å². The van der Waals surface area contributed by atoms with Crippen molar-refractivity contribution in [2.24, 2.45) is 0 Å². The largest absolute Gasteiger partial charge is 0.389 e. The van der Waals surface area contributed by atoms with Crippen LogP contribution in [0.25, 0.3) is 0 Å². The average Bonchev–Trinajstić information content (AvgIpc) is 2.29. The molecular formula is C12H25N3O2. The van der Waals surface area contributed by atoms with Gasteiger partial charge in [-0.3, -0.25) is 9.69 Å². The molecule has 2 N–H and O–H groups in total. The quantitative estimate of drug-likeness (QED) is 0.684. The SMILES string of the molecule is CCC(C)(O)CN(C)CC(=O)N1CCNCC1. The smallest absolute Gasteiger partial charge is 0.236 e. The van der Waals surface area contributed by atoms with Gasteiger partial charge in [0.25, 0.3) is 0 Å². The summed E-state index contributed by atoms with van der Waals surface area (Å²) in [6.45, 7) is 8.00. The Kier molecular flexibility index (Phi) is 5.36. The lowest BCUT2D eigenvalue weighted by atomic mass is 10.0. The molecule has 1 aliphatic heterocycles. The van der Waals surface area contributed by atoms with Crippen LogP contribution in [0.3, 0.4) is 0 Å². The summed E-state index contributed by atoms with van der Waals surface area (Å²) in [5.41, 5.74) is -0.710. The van der Waals surface area contributed by atoms with Crippen LogP contribution in [0.5, 0.6) is 0 Å². The minimum Gasteiger partial charge on any atom is -0.389 e. The van der Waals surface area contributed by atoms with Gasteiger partial charge in [0.05, 0.1) is 12.1 Å². The fourth-order valence-electron chi connectivity index (χ4n) is 1.99. The fraction of sp³-hybridized carbons (Fsp3) is 0.917. The highest BCUT2D eigenvalue weighted by molar-refractivity contribution is 5.78. The minimum atomic E-state index is -0.710. The van der Waals surface area contributed by atoms with E-state index in [1.807, 2.05) is 23.8 Å². The molecular weight excluding hydrogens is 218 g/mol. The molecule has 0 bridgehead atoms. The van der Waals surface area contributed by atoms with Gasteiger partial charge in [-0.1, -0.05) is 6.92 Å². The maximum Gasteiger partial charge on any atom is 0.236 e. The molecule has 0 aromatic heterocycles. The first-order valence-corrected chi connectivity index (χ1v) is 6.34. The highest BCUT2D eigenvalue weighted by atomic mass is 16.3. The summed E-state index contributed by atoms with van der Waals surface area (Å²) in [6.07, 6.45) is 0.694. The van der Waals surface area contributed by atoms with E-state index in [2.05, 4.69) is 5.32 Å². The molecule has 17 heavy (non-hydrogen) atoms. The van der Waals surface area contributed by atoms with Crippen LogP contribution in [0.4, 0.5) is 0 Å². The van der Waals surface area contributed by atoms with Crippen molar-refractivity contribution in [3.8, 4) is 0 Å². The number of piperazine rings is 1. The molecule has 0 aliphatic carbocycles. The van der Waals surface area contributed by atoms with Gasteiger partial charge in [-0.25, -0.2) is 0 Å². The first-order chi connectivity index (χ1) is 7.94. The molecule has 0 aromatic rings. The Hall–Kier alpha value is -0.650. The lowest BCUT2D eigenvalue weighted by Gasteiger charge is -2.31. The molecule has 5 nitrogen and oxygen atoms in total. The molecule has 0 spiro atoms. The molecule has 0 saturated carbocycles. The number of aliphatic hydroxyl groups is 1. The first kappa shape index (κ1) is 14.4. The summed E-state index contributed by atoms with van der Waals surface area (Å²) < 4.78 is 0. The molecule has 1 heterocycles. The Morgan fingerprint density at radius 1 is 1.47 bits per heavy atom. The van der Waals surface area contributed by atoms with Crippen LogP contribution in [0.2, 0.25) is 0 Å². The molecule has 1 saturated heterocycles. The lowest BCUT2D eigenvalue weighted by Crippen LogP contribution is -2.50. The highest BCUT2D eigenvalue weighted by Crippen LogP contribution is 2.09. The van der Waals surface area contributed by atoms with Crippen LogP contribution in [0, 0.1) is 0 Å². The monoisotopic (exact) mass is 243 g/mol. The van der Waals surface area contributed by atoms with Gasteiger partial charge in [0.15, 0.2) is 0 Å². The Morgan fingerprint density at radius 2 is 2.06 bits per heavy atom. The Morgan fingerprint density at radius 3 is 2.59 bits per heavy atom. The molecule has 1 unspecified atom stereocenters. The second kappa shape index (κ2) is 6.33. The van der Waals surface area contributed by atoms with Crippen molar-refractivity contribution in [1.82, 2.24) is 15.1 Å². The Bertz CT molecular complexity index is 250. The minimum absolute atomic E-state index is 0.154. The Balaban J connectivity index is 2.34. The zero-order valence-electron chi connectivity index (χ0n) is 11.2. The first-order valence-electron chi connectivity index (χ1n) is 6.34. The second-order valence-corrected chi connectivity index (χ2v) is 5.15. The van der Waals surface area contributed by atoms with E-state index in [0.717, 1.165) is 26.2 Å². The van der Waals surface area contributed by atoms with Crippen molar-refractivity contribution in [2.75, 3.05) is 46.3 Å². The number of rotatable bonds is 5. The lowest BCUT2D eigenvalue weighted by molar-refractivity contribution is -0.133. The molecule has 1 aliphatic rings. The standard InChI is InChI=1S/C12H25N3O2/c1-4-12(2,17)10-14(3)9-11(16)15-7-5-13-6-8-15/h13,17H,4-10H2,1-3H3. The van der Waals surface area contributed by atoms with Crippen LogP contribution >= 0.6 is 0 Å². The molecule has 0 radical (unpaired) electrons. The van der Waals surface area contributed by atoms with E-state index >= 15 is 0 Å². The van der Waals surface area contributed by atoms with E-state index in [9.17, 15) is 9.90 Å². The van der Waals surface area contributed by atoms with E-state index in [1.165, 1.54) is 0 Å². The van der Waals surface area contributed by atoms with Gasteiger partial charge in [0, 0.05) is 32.7 Å². The number of nitrogens with zero attached hydrogens (tertiary/aromatic N) is 2. The molecule has 1 amide bonds. The van der Waals surface area contributed by atoms with Crippen LogP contribution in [-0.2, 0) is 4.79 Å². The number of carbonyl (C=O) groups excluding carboxylic acids is 1. The highest BCUT2D eigenvalue weighted by Gasteiger charge is 2.23. The molecule has 5 heteroatoms. The molecule has 1 rings (SSSR count). The molecule has 0 aromatic carbocycles. The van der Waals surface area contributed by atoms with E-state index < -0.39 is 5.60 Å². The van der Waals surface area contributed by atoms with Gasteiger partial charge in [-0.05, 0) is 20.4 Å². The van der Waals surface area contributed by atoms with Gasteiger partial charge < -0.3 is 15.3 Å². The van der Waals surface area contributed by atoms with Crippen LogP contribution in [0.15, 0.2) is 0 Å². The summed E-state index contributed by atoms with van der Waals surface area (Å²) in [5, 5.41) is 13.2. The van der Waals surface area contributed by atoms with Gasteiger partial charge in [-0.2, -0.15) is 0 Å². The van der Waals surface area contributed by atoms with Crippen molar-refractivity contribution < 1.29 is 9.90 Å². The van der Waals surface area contributed by atoms with Crippen LogP contribution < -0.4 is 5.32 Å². The number of hydrogen-bond acceptors (Lipinski definition) is 4. The third-order valence-electron chi connectivity index (χ3n) is 3.25. The zero-order chi connectivity index (χ0) is 12.9. The maximum atomic E-state index is 12.0. The van der Waals surface area contributed by atoms with E-state index in [-0.39, 0.29) is 5.91 Å². The second-order valence-electron chi connectivity index (χ2n) is 5.15. The molecule has 1 fully saturated rings. The van der Waals surface area contributed by atoms with Crippen molar-refractivity contribution >= 4 is 5.91 Å². The average molecular weight is 243 g/mol. The fourth-order valence-corrected chi connectivity index (χ4v) is 1.99. The van der Waals surface area contributed by atoms with Gasteiger partial charge in [-0.15, -0.1) is 0 Å². The van der Waals surface area contributed by atoms with Crippen molar-refractivity contribution in [1.29, 1.82) is 0 Å². The van der Waals surface area contributed by atoms with Crippen LogP contribution in [0.1, 0.15) is 20.3 Å².